The van der Waals surface area contributed by atoms with Gasteiger partial charge >= 0.3 is 0 Å². The lowest BCUT2D eigenvalue weighted by molar-refractivity contribution is 0.1000. The van der Waals surface area contributed by atoms with Gasteiger partial charge in [0.25, 0.3) is 5.91 Å². The second-order valence-electron chi connectivity index (χ2n) is 7.40. The van der Waals surface area contributed by atoms with Gasteiger partial charge in [-0.3, -0.25) is 4.79 Å². The van der Waals surface area contributed by atoms with Crippen LogP contribution in [0, 0.1) is 34.3 Å². The largest absolute Gasteiger partial charge is 0.365 e. The SMILES string of the molecule is Cc1ccc(C)n1-c1ncc(Br)cc1C(N)=O.[C-]#[N+]c1cc(Br)cnc1-n1c(C)ccc1C. The van der Waals surface area contributed by atoms with E-state index in [0.29, 0.717) is 22.9 Å². The molecular formula is C24H22Br2N6O. The molecule has 9 heteroatoms. The van der Waals surface area contributed by atoms with Crippen LogP contribution in [0.3, 0.4) is 0 Å². The summed E-state index contributed by atoms with van der Waals surface area (Å²) in [7, 11) is 0. The Bertz CT molecular complexity index is 1340. The Morgan fingerprint density at radius 3 is 1.73 bits per heavy atom. The van der Waals surface area contributed by atoms with Crippen molar-refractivity contribution in [2.75, 3.05) is 0 Å². The molecule has 4 aromatic rings. The molecule has 33 heavy (non-hydrogen) atoms. The molecule has 0 unspecified atom stereocenters. The summed E-state index contributed by atoms with van der Waals surface area (Å²) in [5, 5.41) is 0. The lowest BCUT2D eigenvalue weighted by atomic mass is 10.2. The van der Waals surface area contributed by atoms with E-state index in [4.69, 9.17) is 12.3 Å². The van der Waals surface area contributed by atoms with Crippen LogP contribution in [0.5, 0.6) is 0 Å². The van der Waals surface area contributed by atoms with Crippen LogP contribution in [-0.4, -0.2) is 25.0 Å². The number of primary amides is 1. The highest BCUT2D eigenvalue weighted by atomic mass is 79.9. The predicted octanol–water partition coefficient (Wildman–Crippen LogP) is 6.15. The Morgan fingerprint density at radius 1 is 0.848 bits per heavy atom. The van der Waals surface area contributed by atoms with E-state index < -0.39 is 5.91 Å². The molecule has 0 fully saturated rings. The molecule has 2 N–H and O–H groups in total. The van der Waals surface area contributed by atoms with Crippen molar-refractivity contribution in [2.45, 2.75) is 27.7 Å². The van der Waals surface area contributed by atoms with Crippen molar-refractivity contribution in [3.63, 3.8) is 0 Å². The number of nitrogens with two attached hydrogens (primary N) is 1. The van der Waals surface area contributed by atoms with E-state index in [1.807, 2.05) is 61.1 Å². The minimum Gasteiger partial charge on any atom is -0.365 e. The van der Waals surface area contributed by atoms with Gasteiger partial charge in [0.05, 0.1) is 12.1 Å². The quantitative estimate of drug-likeness (QED) is 0.300. The van der Waals surface area contributed by atoms with Gasteiger partial charge in [-0.05, 0) is 80.0 Å². The fourth-order valence-electron chi connectivity index (χ4n) is 3.47. The number of nitrogens with zero attached hydrogens (tertiary/aromatic N) is 5. The van der Waals surface area contributed by atoms with Crippen molar-refractivity contribution < 1.29 is 4.79 Å². The number of hydrogen-bond donors (Lipinski definition) is 1. The summed E-state index contributed by atoms with van der Waals surface area (Å²) in [6.45, 7) is 15.1. The van der Waals surface area contributed by atoms with Crippen LogP contribution in [-0.2, 0) is 0 Å². The first-order valence-electron chi connectivity index (χ1n) is 9.93. The van der Waals surface area contributed by atoms with Crippen LogP contribution in [0.4, 0.5) is 5.69 Å². The summed E-state index contributed by atoms with van der Waals surface area (Å²) in [5.74, 6) is 0.778. The number of halogens is 2. The molecule has 1 amide bonds. The maximum atomic E-state index is 11.4. The molecule has 0 spiro atoms. The zero-order valence-electron chi connectivity index (χ0n) is 18.6. The minimum atomic E-state index is -0.485. The maximum Gasteiger partial charge on any atom is 0.252 e. The maximum absolute atomic E-state index is 11.4. The standard InChI is InChI=1S/C12H12BrN3O.C12H10BrN3/c1-7-3-4-8(2)16(7)12-10(11(14)17)5-9(13)6-15-12;1-8-4-5-9(2)16(8)12-11(14-3)6-10(13)7-15-12/h3-6H,1-2H3,(H2,14,17);4-7H,1-2H3. The highest BCUT2D eigenvalue weighted by Gasteiger charge is 2.15. The molecule has 0 bridgehead atoms. The van der Waals surface area contributed by atoms with Crippen LogP contribution >= 0.6 is 31.9 Å². The van der Waals surface area contributed by atoms with Gasteiger partial charge < -0.3 is 14.9 Å². The van der Waals surface area contributed by atoms with Crippen LogP contribution in [0.15, 0.2) is 57.7 Å². The molecule has 0 aromatic carbocycles. The summed E-state index contributed by atoms with van der Waals surface area (Å²) in [5.41, 5.74) is 10.5. The fraction of sp³-hybridized carbons (Fsp3) is 0.167. The number of rotatable bonds is 3. The zero-order chi connectivity index (χ0) is 24.3. The van der Waals surface area contributed by atoms with E-state index in [2.05, 4.69) is 46.7 Å². The van der Waals surface area contributed by atoms with Gasteiger partial charge in [0.1, 0.15) is 11.6 Å². The Balaban J connectivity index is 0.000000186. The molecule has 7 nitrogen and oxygen atoms in total. The number of amides is 1. The van der Waals surface area contributed by atoms with Crippen LogP contribution in [0.1, 0.15) is 33.1 Å². The van der Waals surface area contributed by atoms with Crippen LogP contribution < -0.4 is 5.73 Å². The number of carbonyl (C=O) groups is 1. The summed E-state index contributed by atoms with van der Waals surface area (Å²) in [4.78, 5) is 23.5. The van der Waals surface area contributed by atoms with Crippen molar-refractivity contribution in [1.82, 2.24) is 19.1 Å². The first-order valence-corrected chi connectivity index (χ1v) is 11.5. The molecule has 0 radical (unpaired) electrons. The monoisotopic (exact) mass is 568 g/mol. The lowest BCUT2D eigenvalue weighted by Crippen LogP contribution is -2.16. The molecular weight excluding hydrogens is 548 g/mol. The first-order chi connectivity index (χ1) is 15.6. The second-order valence-corrected chi connectivity index (χ2v) is 9.23. The van der Waals surface area contributed by atoms with Crippen LogP contribution in [0.2, 0.25) is 0 Å². The summed E-state index contributed by atoms with van der Waals surface area (Å²) < 4.78 is 5.45. The van der Waals surface area contributed by atoms with Gasteiger partial charge in [-0.1, -0.05) is 15.9 Å². The molecule has 0 aliphatic heterocycles. The highest BCUT2D eigenvalue weighted by Crippen LogP contribution is 2.27. The van der Waals surface area contributed by atoms with Gasteiger partial charge in [-0.15, -0.1) is 0 Å². The third-order valence-corrected chi connectivity index (χ3v) is 5.87. The smallest absolute Gasteiger partial charge is 0.252 e. The Morgan fingerprint density at radius 2 is 1.27 bits per heavy atom. The Kier molecular flexibility index (Phi) is 7.51. The number of aryl methyl sites for hydroxylation is 4. The third-order valence-electron chi connectivity index (χ3n) is 5.00. The Hall–Kier alpha value is -3.22. The average molecular weight is 570 g/mol. The molecule has 0 aliphatic rings. The minimum absolute atomic E-state index is 0.404. The molecule has 168 valence electrons. The second kappa shape index (κ2) is 10.1. The lowest BCUT2D eigenvalue weighted by Gasteiger charge is -2.11. The normalized spacial score (nSPS) is 10.3. The third kappa shape index (κ3) is 5.24. The van der Waals surface area contributed by atoms with Gasteiger partial charge in [0.15, 0.2) is 0 Å². The van der Waals surface area contributed by atoms with Gasteiger partial charge in [-0.2, -0.15) is 0 Å². The van der Waals surface area contributed by atoms with Gasteiger partial charge in [-0.25, -0.2) is 14.8 Å². The molecule has 4 heterocycles. The van der Waals surface area contributed by atoms with E-state index in [1.165, 1.54) is 0 Å². The van der Waals surface area contributed by atoms with Crippen LogP contribution in [0.25, 0.3) is 16.5 Å². The van der Waals surface area contributed by atoms with E-state index in [9.17, 15) is 4.79 Å². The number of carbonyl (C=O) groups excluding carboxylic acids is 1. The first kappa shape index (κ1) is 24.4. The molecule has 4 aromatic heterocycles. The van der Waals surface area contributed by atoms with E-state index in [1.54, 1.807) is 24.5 Å². The van der Waals surface area contributed by atoms with E-state index in [-0.39, 0.29) is 0 Å². The Labute approximate surface area is 209 Å². The number of pyridine rings is 2. The highest BCUT2D eigenvalue weighted by molar-refractivity contribution is 9.10. The summed E-state index contributed by atoms with van der Waals surface area (Å²) in [6.07, 6.45) is 3.36. The average Bonchev–Trinajstić information content (AvgIpc) is 3.29. The number of hydrogen-bond acceptors (Lipinski definition) is 3. The van der Waals surface area contributed by atoms with E-state index >= 15 is 0 Å². The van der Waals surface area contributed by atoms with Gasteiger partial charge in [0, 0.05) is 44.1 Å². The zero-order valence-corrected chi connectivity index (χ0v) is 21.8. The predicted molar refractivity (Wildman–Crippen MR) is 136 cm³/mol. The topological polar surface area (TPSA) is 83.1 Å². The number of aromatic nitrogens is 4. The van der Waals surface area contributed by atoms with E-state index in [0.717, 1.165) is 31.7 Å². The van der Waals surface area contributed by atoms with Gasteiger partial charge in [0.2, 0.25) is 5.69 Å². The summed E-state index contributed by atoms with van der Waals surface area (Å²) >= 11 is 6.61. The van der Waals surface area contributed by atoms with Crippen molar-refractivity contribution in [3.8, 4) is 11.6 Å². The molecule has 0 saturated heterocycles. The molecule has 0 saturated carbocycles. The van der Waals surface area contributed by atoms with Crippen molar-refractivity contribution >= 4 is 43.5 Å². The molecule has 0 aliphatic carbocycles. The van der Waals surface area contributed by atoms with Crippen molar-refractivity contribution in [2.24, 2.45) is 5.73 Å². The van der Waals surface area contributed by atoms with Crippen molar-refractivity contribution in [3.05, 3.63) is 97.5 Å². The molecule has 4 rings (SSSR count). The van der Waals surface area contributed by atoms with Crippen molar-refractivity contribution in [1.29, 1.82) is 0 Å². The fourth-order valence-corrected chi connectivity index (χ4v) is 4.12. The summed E-state index contributed by atoms with van der Waals surface area (Å²) in [6, 6.07) is 11.5. The molecule has 0 atom stereocenters.